The van der Waals surface area contributed by atoms with E-state index in [-0.39, 0.29) is 23.6 Å². The second-order valence-electron chi connectivity index (χ2n) is 10.7. The number of carboxylic acids is 1. The number of aliphatic hydroxyl groups is 1. The topological polar surface area (TPSA) is 83.8 Å². The molecule has 2 unspecified atom stereocenters. The average molecular weight is 473 g/mol. The van der Waals surface area contributed by atoms with Gasteiger partial charge in [-0.1, -0.05) is 97.8 Å². The lowest BCUT2D eigenvalue weighted by atomic mass is 10.0. The number of carboxylic acid groups (broad SMARTS) is 1. The predicted molar refractivity (Wildman–Crippen MR) is 135 cm³/mol. The highest BCUT2D eigenvalue weighted by Gasteiger charge is 2.35. The van der Waals surface area contributed by atoms with Gasteiger partial charge >= 0.3 is 11.9 Å². The molecule has 0 spiro atoms. The summed E-state index contributed by atoms with van der Waals surface area (Å²) in [5.74, 6) is -0.316. The van der Waals surface area contributed by atoms with Crippen molar-refractivity contribution in [1.29, 1.82) is 0 Å². The van der Waals surface area contributed by atoms with Gasteiger partial charge in [0.1, 0.15) is 19.3 Å². The summed E-state index contributed by atoms with van der Waals surface area (Å²) in [4.78, 5) is 23.3. The molecule has 0 saturated heterocycles. The molecular formula is C27H54NO5+. The van der Waals surface area contributed by atoms with Crippen LogP contribution in [0.25, 0.3) is 0 Å². The molecule has 0 rings (SSSR count). The van der Waals surface area contributed by atoms with Gasteiger partial charge in [0.15, 0.2) is 6.04 Å². The van der Waals surface area contributed by atoms with E-state index in [0.29, 0.717) is 12.8 Å². The number of quaternary nitrogens is 1. The zero-order chi connectivity index (χ0) is 25.1. The van der Waals surface area contributed by atoms with E-state index in [0.717, 1.165) is 25.2 Å². The van der Waals surface area contributed by atoms with E-state index in [9.17, 15) is 19.8 Å². The van der Waals surface area contributed by atoms with Gasteiger partial charge in [0.25, 0.3) is 0 Å². The van der Waals surface area contributed by atoms with Crippen LogP contribution in [-0.2, 0) is 14.3 Å². The van der Waals surface area contributed by atoms with Gasteiger partial charge in [-0.15, -0.1) is 0 Å². The third-order valence-electron chi connectivity index (χ3n) is 6.55. The molecule has 6 nitrogen and oxygen atoms in total. The highest BCUT2D eigenvalue weighted by molar-refractivity contribution is 5.72. The molecule has 196 valence electrons. The summed E-state index contributed by atoms with van der Waals surface area (Å²) in [5.41, 5.74) is 0. The van der Waals surface area contributed by atoms with Crippen molar-refractivity contribution < 1.29 is 29.0 Å². The quantitative estimate of drug-likeness (QED) is 0.116. The maximum Gasteiger partial charge on any atom is 0.362 e. The van der Waals surface area contributed by atoms with Gasteiger partial charge in [-0.3, -0.25) is 4.79 Å². The Hall–Kier alpha value is -1.14. The molecule has 0 aliphatic heterocycles. The second kappa shape index (κ2) is 19.2. The highest BCUT2D eigenvalue weighted by Crippen LogP contribution is 2.15. The van der Waals surface area contributed by atoms with Gasteiger partial charge in [0.05, 0.1) is 14.1 Å². The molecule has 0 heterocycles. The number of nitrogens with zero attached hydrogens (tertiary/aromatic N) is 1. The van der Waals surface area contributed by atoms with Crippen molar-refractivity contribution in [1.82, 2.24) is 0 Å². The average Bonchev–Trinajstić information content (AvgIpc) is 2.71. The molecular weight excluding hydrogens is 418 g/mol. The summed E-state index contributed by atoms with van der Waals surface area (Å²) in [7, 11) is 3.56. The summed E-state index contributed by atoms with van der Waals surface area (Å²) >= 11 is 0. The Bertz CT molecular complexity index is 507. The Morgan fingerprint density at radius 3 is 1.70 bits per heavy atom. The van der Waals surface area contributed by atoms with Crippen LogP contribution in [0.3, 0.4) is 0 Å². The Kier molecular flexibility index (Phi) is 18.5. The van der Waals surface area contributed by atoms with E-state index in [4.69, 9.17) is 4.74 Å². The fourth-order valence-corrected chi connectivity index (χ4v) is 4.54. The van der Waals surface area contributed by atoms with E-state index < -0.39 is 18.1 Å². The molecule has 0 aromatic rings. The summed E-state index contributed by atoms with van der Waals surface area (Å²) in [6.07, 6.45) is 16.5. The smallest absolute Gasteiger partial charge is 0.362 e. The first-order valence-electron chi connectivity index (χ1n) is 13.5. The minimum atomic E-state index is -0.876. The van der Waals surface area contributed by atoms with Crippen LogP contribution in [0.4, 0.5) is 0 Å². The van der Waals surface area contributed by atoms with E-state index >= 15 is 0 Å². The van der Waals surface area contributed by atoms with Crippen LogP contribution >= 0.6 is 0 Å². The zero-order valence-electron chi connectivity index (χ0n) is 22.3. The Labute approximate surface area is 203 Å². The van der Waals surface area contributed by atoms with Gasteiger partial charge in [-0.25, -0.2) is 4.79 Å². The third kappa shape index (κ3) is 17.9. The number of rotatable bonds is 22. The zero-order valence-corrected chi connectivity index (χ0v) is 22.3. The fraction of sp³-hybridized carbons (Fsp3) is 0.926. The van der Waals surface area contributed by atoms with Crippen LogP contribution in [0.2, 0.25) is 0 Å². The number of unbranched alkanes of at least 4 members (excludes halogenated alkanes) is 11. The first kappa shape index (κ1) is 31.9. The number of aliphatic carboxylic acids is 1. The third-order valence-corrected chi connectivity index (χ3v) is 6.55. The number of ether oxygens (including phenoxy) is 1. The van der Waals surface area contributed by atoms with Crippen molar-refractivity contribution in [2.24, 2.45) is 5.92 Å². The fourth-order valence-electron chi connectivity index (χ4n) is 4.54. The highest BCUT2D eigenvalue weighted by atomic mass is 16.5. The minimum absolute atomic E-state index is 0.0751. The summed E-state index contributed by atoms with van der Waals surface area (Å²) in [6.45, 7) is 6.58. The molecule has 0 aromatic carbocycles. The van der Waals surface area contributed by atoms with Crippen LogP contribution in [0, 0.1) is 5.92 Å². The molecule has 33 heavy (non-hydrogen) atoms. The van der Waals surface area contributed by atoms with Crippen molar-refractivity contribution in [3.8, 4) is 0 Å². The summed E-state index contributed by atoms with van der Waals surface area (Å²) in [6, 6.07) is -0.588. The molecule has 0 radical (unpaired) electrons. The molecule has 0 aliphatic rings. The number of carbonyl (C=O) groups excluding carboxylic acids is 1. The monoisotopic (exact) mass is 472 g/mol. The molecule has 0 saturated carbocycles. The van der Waals surface area contributed by atoms with E-state index in [1.54, 1.807) is 14.1 Å². The number of likely N-dealkylation sites (N-methyl/N-ethyl adjacent to an activating group) is 1. The van der Waals surface area contributed by atoms with E-state index in [1.165, 1.54) is 64.2 Å². The van der Waals surface area contributed by atoms with Crippen LogP contribution in [0.5, 0.6) is 0 Å². The standard InChI is InChI=1S/C27H53NO5/c1-6-25(27(31)32)28(4,5)21-24(29)22-33-26(30)20-18-16-14-12-10-8-7-9-11-13-15-17-19-23(2)3/h23-25,29H,6-22H2,1-5H3/p+1. The first-order valence-corrected chi connectivity index (χ1v) is 13.5. The van der Waals surface area contributed by atoms with Crippen LogP contribution in [-0.4, -0.2) is 66.0 Å². The second-order valence-corrected chi connectivity index (χ2v) is 10.7. The van der Waals surface area contributed by atoms with Crippen molar-refractivity contribution in [3.63, 3.8) is 0 Å². The number of hydrogen-bond acceptors (Lipinski definition) is 4. The first-order chi connectivity index (χ1) is 15.6. The lowest BCUT2D eigenvalue weighted by Gasteiger charge is -2.36. The largest absolute Gasteiger partial charge is 0.477 e. The Morgan fingerprint density at radius 2 is 1.27 bits per heavy atom. The van der Waals surface area contributed by atoms with E-state index in [1.807, 2.05) is 6.92 Å². The number of aliphatic hydroxyl groups excluding tert-OH is 1. The molecule has 2 N–H and O–H groups in total. The predicted octanol–water partition coefficient (Wildman–Crippen LogP) is 5.95. The normalized spacial score (nSPS) is 13.8. The molecule has 6 heteroatoms. The Balaban J connectivity index is 3.61. The van der Waals surface area contributed by atoms with Crippen molar-refractivity contribution in [2.75, 3.05) is 27.2 Å². The van der Waals surface area contributed by atoms with Crippen molar-refractivity contribution in [3.05, 3.63) is 0 Å². The number of carbonyl (C=O) groups is 2. The SMILES string of the molecule is CCC(C(=O)O)[N+](C)(C)CC(O)COC(=O)CCCCCCCCCCCCCCC(C)C. The van der Waals surface area contributed by atoms with Crippen molar-refractivity contribution in [2.45, 2.75) is 129 Å². The van der Waals surface area contributed by atoms with Gasteiger partial charge in [0, 0.05) is 12.8 Å². The van der Waals surface area contributed by atoms with Gasteiger partial charge in [-0.2, -0.15) is 0 Å². The lowest BCUT2D eigenvalue weighted by Crippen LogP contribution is -2.56. The van der Waals surface area contributed by atoms with Gasteiger partial charge < -0.3 is 19.4 Å². The number of hydrogen-bond donors (Lipinski definition) is 2. The molecule has 2 atom stereocenters. The van der Waals surface area contributed by atoms with Gasteiger partial charge in [0.2, 0.25) is 0 Å². The maximum atomic E-state index is 11.9. The summed E-state index contributed by atoms with van der Waals surface area (Å²) in [5, 5.41) is 19.5. The lowest BCUT2D eigenvalue weighted by molar-refractivity contribution is -0.909. The van der Waals surface area contributed by atoms with Crippen LogP contribution in [0.1, 0.15) is 117 Å². The maximum absolute atomic E-state index is 11.9. The number of esters is 1. The molecule has 0 bridgehead atoms. The van der Waals surface area contributed by atoms with Crippen LogP contribution < -0.4 is 0 Å². The molecule has 0 aromatic heterocycles. The summed E-state index contributed by atoms with van der Waals surface area (Å²) < 4.78 is 5.35. The Morgan fingerprint density at radius 1 is 0.818 bits per heavy atom. The molecule has 0 amide bonds. The minimum Gasteiger partial charge on any atom is -0.477 e. The van der Waals surface area contributed by atoms with Gasteiger partial charge in [-0.05, 0) is 12.3 Å². The molecule has 0 aliphatic carbocycles. The molecule has 0 fully saturated rings. The van der Waals surface area contributed by atoms with Crippen LogP contribution in [0.15, 0.2) is 0 Å². The van der Waals surface area contributed by atoms with Crippen molar-refractivity contribution >= 4 is 11.9 Å². The van der Waals surface area contributed by atoms with E-state index in [2.05, 4.69) is 13.8 Å².